The van der Waals surface area contributed by atoms with Gasteiger partial charge in [-0.05, 0) is 71.8 Å². The molecule has 1 aliphatic heterocycles. The van der Waals surface area contributed by atoms with Gasteiger partial charge in [0.15, 0.2) is 0 Å². The lowest BCUT2D eigenvalue weighted by Crippen LogP contribution is -2.26. The van der Waals surface area contributed by atoms with E-state index in [0.717, 1.165) is 18.7 Å². The van der Waals surface area contributed by atoms with Crippen molar-refractivity contribution in [3.05, 3.63) is 81.8 Å². The molecule has 3 aromatic rings. The fraction of sp³-hybridized carbons (Fsp3) is 0.348. The van der Waals surface area contributed by atoms with Crippen LogP contribution < -0.4 is 10.2 Å². The highest BCUT2D eigenvalue weighted by atomic mass is 32.1. The van der Waals surface area contributed by atoms with Crippen LogP contribution in [-0.2, 0) is 13.0 Å². The third-order valence-electron chi connectivity index (χ3n) is 5.29. The Morgan fingerprint density at radius 1 is 1.11 bits per heavy atom. The maximum absolute atomic E-state index is 4.70. The van der Waals surface area contributed by atoms with E-state index in [-0.39, 0.29) is 6.04 Å². The minimum absolute atomic E-state index is 0.215. The number of aryl methyl sites for hydroxylation is 1. The lowest BCUT2D eigenvalue weighted by atomic mass is 10.0. The third-order valence-corrected chi connectivity index (χ3v) is 6.02. The van der Waals surface area contributed by atoms with Crippen molar-refractivity contribution in [3.63, 3.8) is 0 Å². The number of rotatable bonds is 7. The predicted octanol–water partition coefficient (Wildman–Crippen LogP) is 5.13. The van der Waals surface area contributed by atoms with E-state index >= 15 is 0 Å². The molecule has 1 unspecified atom stereocenters. The van der Waals surface area contributed by atoms with Gasteiger partial charge in [0.05, 0.1) is 11.7 Å². The van der Waals surface area contributed by atoms with Crippen LogP contribution >= 0.6 is 11.3 Å². The average Bonchev–Trinajstić information content (AvgIpc) is 3.40. The quantitative estimate of drug-likeness (QED) is 0.619. The molecule has 0 aliphatic carbocycles. The van der Waals surface area contributed by atoms with Crippen LogP contribution in [0.1, 0.15) is 41.3 Å². The largest absolute Gasteiger partial charge is 0.371 e. The molecule has 0 spiro atoms. The van der Waals surface area contributed by atoms with Crippen LogP contribution in [0, 0.1) is 6.92 Å². The van der Waals surface area contributed by atoms with E-state index in [4.69, 9.17) is 4.98 Å². The zero-order valence-electron chi connectivity index (χ0n) is 15.9. The van der Waals surface area contributed by atoms with Crippen molar-refractivity contribution in [2.45, 2.75) is 38.8 Å². The Kier molecular flexibility index (Phi) is 5.85. The topological polar surface area (TPSA) is 28.2 Å². The van der Waals surface area contributed by atoms with Crippen molar-refractivity contribution in [2.24, 2.45) is 0 Å². The second-order valence-corrected chi connectivity index (χ2v) is 8.13. The van der Waals surface area contributed by atoms with Crippen molar-refractivity contribution in [2.75, 3.05) is 18.0 Å². The van der Waals surface area contributed by atoms with E-state index in [1.807, 2.05) is 6.20 Å². The molecular weight excluding hydrogens is 350 g/mol. The second kappa shape index (κ2) is 8.68. The molecule has 1 atom stereocenters. The van der Waals surface area contributed by atoms with Gasteiger partial charge in [-0.25, -0.2) is 0 Å². The van der Waals surface area contributed by atoms with Crippen LogP contribution in [0.15, 0.2) is 59.4 Å². The smallest absolute Gasteiger partial charge is 0.0576 e. The number of nitrogens with zero attached hydrogens (tertiary/aromatic N) is 2. The molecule has 1 aromatic carbocycles. The maximum Gasteiger partial charge on any atom is 0.0576 e. The summed E-state index contributed by atoms with van der Waals surface area (Å²) in [7, 11) is 0. The molecule has 140 valence electrons. The SMILES string of the molecule is Cc1ccc(C(Cc2ccsc2)NCc2ccccc2N2CCCC2)nc1. The number of benzene rings is 1. The minimum atomic E-state index is 0.215. The summed E-state index contributed by atoms with van der Waals surface area (Å²) in [5.74, 6) is 0. The summed E-state index contributed by atoms with van der Waals surface area (Å²) in [5, 5.41) is 8.18. The zero-order valence-corrected chi connectivity index (χ0v) is 16.7. The van der Waals surface area contributed by atoms with Gasteiger partial charge >= 0.3 is 0 Å². The number of aromatic nitrogens is 1. The van der Waals surface area contributed by atoms with E-state index < -0.39 is 0 Å². The first-order valence-corrected chi connectivity index (χ1v) is 10.7. The van der Waals surface area contributed by atoms with Gasteiger partial charge in [-0.2, -0.15) is 11.3 Å². The van der Waals surface area contributed by atoms with E-state index in [1.165, 1.54) is 48.3 Å². The van der Waals surface area contributed by atoms with E-state index in [0.29, 0.717) is 0 Å². The molecule has 0 radical (unpaired) electrons. The summed E-state index contributed by atoms with van der Waals surface area (Å²) in [4.78, 5) is 7.22. The van der Waals surface area contributed by atoms with E-state index in [1.54, 1.807) is 11.3 Å². The van der Waals surface area contributed by atoms with Gasteiger partial charge in [0.25, 0.3) is 0 Å². The molecular formula is C23H27N3S. The number of hydrogen-bond donors (Lipinski definition) is 1. The number of pyridine rings is 1. The highest BCUT2D eigenvalue weighted by Gasteiger charge is 2.18. The van der Waals surface area contributed by atoms with Crippen molar-refractivity contribution in [1.29, 1.82) is 0 Å². The van der Waals surface area contributed by atoms with Gasteiger partial charge in [-0.3, -0.25) is 4.98 Å². The first-order chi connectivity index (χ1) is 13.3. The molecule has 27 heavy (non-hydrogen) atoms. The Bertz CT molecular complexity index is 836. The molecule has 3 heterocycles. The molecule has 0 bridgehead atoms. The molecule has 1 aliphatic rings. The summed E-state index contributed by atoms with van der Waals surface area (Å²) in [6.45, 7) is 5.30. The van der Waals surface area contributed by atoms with Gasteiger partial charge in [-0.15, -0.1) is 0 Å². The number of hydrogen-bond acceptors (Lipinski definition) is 4. The molecule has 1 saturated heterocycles. The second-order valence-electron chi connectivity index (χ2n) is 7.35. The van der Waals surface area contributed by atoms with Crippen molar-refractivity contribution < 1.29 is 0 Å². The maximum atomic E-state index is 4.70. The Morgan fingerprint density at radius 2 is 1.96 bits per heavy atom. The molecule has 4 rings (SSSR count). The number of para-hydroxylation sites is 1. The lowest BCUT2D eigenvalue weighted by Gasteiger charge is -2.23. The highest BCUT2D eigenvalue weighted by Crippen LogP contribution is 2.26. The Balaban J connectivity index is 1.52. The fourth-order valence-corrected chi connectivity index (χ4v) is 4.45. The molecule has 0 saturated carbocycles. The molecule has 2 aromatic heterocycles. The first kappa shape index (κ1) is 18.2. The highest BCUT2D eigenvalue weighted by molar-refractivity contribution is 7.07. The summed E-state index contributed by atoms with van der Waals surface area (Å²) in [5.41, 5.74) is 6.45. The van der Waals surface area contributed by atoms with E-state index in [9.17, 15) is 0 Å². The summed E-state index contributed by atoms with van der Waals surface area (Å²) >= 11 is 1.76. The monoisotopic (exact) mass is 377 g/mol. The van der Waals surface area contributed by atoms with Crippen molar-refractivity contribution in [3.8, 4) is 0 Å². The first-order valence-electron chi connectivity index (χ1n) is 9.79. The van der Waals surface area contributed by atoms with Crippen LogP contribution in [0.3, 0.4) is 0 Å². The zero-order chi connectivity index (χ0) is 18.5. The lowest BCUT2D eigenvalue weighted by molar-refractivity contribution is 0.518. The van der Waals surface area contributed by atoms with Crippen molar-refractivity contribution in [1.82, 2.24) is 10.3 Å². The Labute approximate surface area is 166 Å². The summed E-state index contributed by atoms with van der Waals surface area (Å²) in [6.07, 6.45) is 5.53. The average molecular weight is 378 g/mol. The Morgan fingerprint density at radius 3 is 2.70 bits per heavy atom. The van der Waals surface area contributed by atoms with E-state index in [2.05, 4.69) is 70.4 Å². The van der Waals surface area contributed by atoms with Gasteiger partial charge < -0.3 is 10.2 Å². The number of nitrogens with one attached hydrogen (secondary N) is 1. The number of thiophene rings is 1. The minimum Gasteiger partial charge on any atom is -0.371 e. The fourth-order valence-electron chi connectivity index (χ4n) is 3.77. The van der Waals surface area contributed by atoms with Crippen LogP contribution in [0.5, 0.6) is 0 Å². The van der Waals surface area contributed by atoms with Crippen LogP contribution in [0.25, 0.3) is 0 Å². The van der Waals surface area contributed by atoms with Crippen molar-refractivity contribution >= 4 is 17.0 Å². The molecule has 3 nitrogen and oxygen atoms in total. The molecule has 1 fully saturated rings. The number of anilines is 1. The van der Waals surface area contributed by atoms with Crippen LogP contribution in [0.4, 0.5) is 5.69 Å². The van der Waals surface area contributed by atoms with Gasteiger partial charge in [0.2, 0.25) is 0 Å². The normalized spacial score (nSPS) is 15.2. The Hall–Kier alpha value is -2.17. The van der Waals surface area contributed by atoms with Crippen LogP contribution in [-0.4, -0.2) is 18.1 Å². The summed E-state index contributed by atoms with van der Waals surface area (Å²) in [6, 6.07) is 15.6. The van der Waals surface area contributed by atoms with Gasteiger partial charge in [0, 0.05) is 31.5 Å². The molecule has 0 amide bonds. The molecule has 4 heteroatoms. The van der Waals surface area contributed by atoms with Crippen LogP contribution in [0.2, 0.25) is 0 Å². The summed E-state index contributed by atoms with van der Waals surface area (Å²) < 4.78 is 0. The van der Waals surface area contributed by atoms with Gasteiger partial charge in [0.1, 0.15) is 0 Å². The van der Waals surface area contributed by atoms with Gasteiger partial charge in [-0.1, -0.05) is 24.3 Å². The third kappa shape index (κ3) is 4.57. The standard InChI is InChI=1S/C23H27N3S/c1-18-8-9-21(24-15-18)22(14-19-10-13-27-17-19)25-16-20-6-2-3-7-23(20)26-11-4-5-12-26/h2-3,6-10,13,15,17,22,25H,4-5,11-12,14,16H2,1H3. The predicted molar refractivity (Wildman–Crippen MR) is 114 cm³/mol. The molecule has 1 N–H and O–H groups in total.